The number of carbonyl (C=O) groups excluding carboxylic acids is 2. The van der Waals surface area contributed by atoms with Crippen LogP contribution in [0.2, 0.25) is 0 Å². The fourth-order valence-electron chi connectivity index (χ4n) is 4.47. The van der Waals surface area contributed by atoms with Gasteiger partial charge >= 0.3 is 0 Å². The summed E-state index contributed by atoms with van der Waals surface area (Å²) in [6, 6.07) is 18.7. The first-order valence-electron chi connectivity index (χ1n) is 12.8. The number of hydrogen-bond donors (Lipinski definition) is 1. The molecular formula is C29H36N6O2. The first-order chi connectivity index (χ1) is 17.7. The maximum absolute atomic E-state index is 14.0. The van der Waals surface area contributed by atoms with Gasteiger partial charge in [-0.2, -0.15) is 0 Å². The van der Waals surface area contributed by atoms with Crippen molar-refractivity contribution in [2.24, 2.45) is 7.05 Å². The Morgan fingerprint density at radius 3 is 2.49 bits per heavy atom. The highest BCUT2D eigenvalue weighted by Gasteiger charge is 2.35. The lowest BCUT2D eigenvalue weighted by Crippen LogP contribution is -2.51. The Balaban J connectivity index is 1.72. The van der Waals surface area contributed by atoms with Crippen molar-refractivity contribution in [3.63, 3.8) is 0 Å². The Hall–Kier alpha value is -3.94. The van der Waals surface area contributed by atoms with Crippen LogP contribution in [-0.2, 0) is 29.6 Å². The van der Waals surface area contributed by atoms with Gasteiger partial charge in [-0.25, -0.2) is 4.68 Å². The van der Waals surface area contributed by atoms with Crippen LogP contribution >= 0.6 is 0 Å². The van der Waals surface area contributed by atoms with Crippen LogP contribution in [0.1, 0.15) is 50.1 Å². The van der Waals surface area contributed by atoms with E-state index in [1.165, 1.54) is 0 Å². The van der Waals surface area contributed by atoms with Crippen LogP contribution in [0.5, 0.6) is 0 Å². The molecule has 0 radical (unpaired) electrons. The minimum absolute atomic E-state index is 0.0142. The fraction of sp³-hybridized carbons (Fsp3) is 0.379. The second-order valence-electron chi connectivity index (χ2n) is 10.2. The number of carbonyl (C=O) groups is 2. The highest BCUT2D eigenvalue weighted by molar-refractivity contribution is 5.89. The highest BCUT2D eigenvalue weighted by atomic mass is 16.2. The number of fused-ring (bicyclic) bond motifs is 1. The molecule has 37 heavy (non-hydrogen) atoms. The van der Waals surface area contributed by atoms with Gasteiger partial charge in [-0.3, -0.25) is 9.59 Å². The zero-order valence-corrected chi connectivity index (χ0v) is 22.3. The Morgan fingerprint density at radius 2 is 1.78 bits per heavy atom. The van der Waals surface area contributed by atoms with E-state index in [2.05, 4.69) is 34.7 Å². The number of aryl methyl sites for hydroxylation is 2. The van der Waals surface area contributed by atoms with Crippen LogP contribution in [-0.4, -0.2) is 48.4 Å². The number of para-hydroxylation sites is 1. The molecule has 8 heteroatoms. The van der Waals surface area contributed by atoms with Crippen molar-refractivity contribution in [1.82, 2.24) is 29.8 Å². The molecule has 0 fully saturated rings. The third-order valence-electron chi connectivity index (χ3n) is 7.08. The summed E-state index contributed by atoms with van der Waals surface area (Å²) in [4.78, 5) is 29.5. The van der Waals surface area contributed by atoms with Crippen LogP contribution in [0, 0.1) is 6.92 Å². The third-order valence-corrected chi connectivity index (χ3v) is 7.08. The second kappa shape index (κ2) is 11.0. The Morgan fingerprint density at radius 1 is 1.05 bits per heavy atom. The van der Waals surface area contributed by atoms with Gasteiger partial charge in [0.05, 0.1) is 5.52 Å². The molecule has 1 unspecified atom stereocenters. The van der Waals surface area contributed by atoms with E-state index in [4.69, 9.17) is 0 Å². The average Bonchev–Trinajstić information content (AvgIpc) is 3.48. The van der Waals surface area contributed by atoms with Gasteiger partial charge in [-0.05, 0) is 69.0 Å². The minimum atomic E-state index is -0.794. The Bertz CT molecular complexity index is 1390. The molecule has 2 amide bonds. The van der Waals surface area contributed by atoms with Gasteiger partial charge in [0.1, 0.15) is 12.1 Å². The first kappa shape index (κ1) is 26.1. The van der Waals surface area contributed by atoms with Gasteiger partial charge in [0, 0.05) is 31.0 Å². The van der Waals surface area contributed by atoms with E-state index in [0.29, 0.717) is 13.0 Å². The molecule has 1 atom stereocenters. The maximum atomic E-state index is 14.0. The summed E-state index contributed by atoms with van der Waals surface area (Å²) in [7, 11) is 1.90. The lowest BCUT2D eigenvalue weighted by atomic mass is 10.00. The topological polar surface area (TPSA) is 85.0 Å². The molecule has 0 saturated carbocycles. The third kappa shape index (κ3) is 5.90. The van der Waals surface area contributed by atoms with E-state index in [-0.39, 0.29) is 18.4 Å². The molecule has 1 N–H and O–H groups in total. The summed E-state index contributed by atoms with van der Waals surface area (Å²) >= 11 is 0. The standard InChI is InChI=1S/C29H36N6O2/c1-6-29(3,4)30-28(37)27(25-16-11-18-33(25)5)34(19-17-22-13-8-7-12-21(22)2)26(36)20-35-24-15-10-9-14-23(24)31-32-35/h7-16,18,27H,6,17,19-20H2,1-5H3,(H,30,37). The molecule has 0 bridgehead atoms. The van der Waals surface area contributed by atoms with E-state index in [1.54, 1.807) is 9.58 Å². The normalized spacial score (nSPS) is 12.5. The number of nitrogens with zero attached hydrogens (tertiary/aromatic N) is 5. The van der Waals surface area contributed by atoms with Gasteiger partial charge in [-0.15, -0.1) is 5.10 Å². The molecule has 2 aromatic heterocycles. The van der Waals surface area contributed by atoms with Crippen molar-refractivity contribution in [1.29, 1.82) is 0 Å². The number of benzene rings is 2. The maximum Gasteiger partial charge on any atom is 0.249 e. The summed E-state index contributed by atoms with van der Waals surface area (Å²) < 4.78 is 3.51. The lowest BCUT2D eigenvalue weighted by molar-refractivity contribution is -0.142. The molecule has 0 aliphatic heterocycles. The van der Waals surface area contributed by atoms with E-state index in [1.807, 2.05) is 87.1 Å². The molecular weight excluding hydrogens is 464 g/mol. The van der Waals surface area contributed by atoms with Crippen molar-refractivity contribution in [2.45, 2.75) is 58.7 Å². The molecule has 0 saturated heterocycles. The fourth-order valence-corrected chi connectivity index (χ4v) is 4.47. The van der Waals surface area contributed by atoms with Crippen molar-refractivity contribution in [2.75, 3.05) is 6.54 Å². The Labute approximate surface area is 218 Å². The summed E-state index contributed by atoms with van der Waals surface area (Å²) in [5.41, 5.74) is 4.15. The van der Waals surface area contributed by atoms with E-state index >= 15 is 0 Å². The smallest absolute Gasteiger partial charge is 0.249 e. The molecule has 0 aliphatic carbocycles. The minimum Gasteiger partial charge on any atom is -0.352 e. The summed E-state index contributed by atoms with van der Waals surface area (Å²) in [5, 5.41) is 11.6. The van der Waals surface area contributed by atoms with Crippen molar-refractivity contribution >= 4 is 22.8 Å². The van der Waals surface area contributed by atoms with Gasteiger partial charge < -0.3 is 14.8 Å². The number of amides is 2. The molecule has 0 aliphatic rings. The average molecular weight is 501 g/mol. The SMILES string of the molecule is CCC(C)(C)NC(=O)C(c1cccn1C)N(CCc1ccccc1C)C(=O)Cn1nnc2ccccc21. The second-order valence-corrected chi connectivity index (χ2v) is 10.2. The van der Waals surface area contributed by atoms with E-state index < -0.39 is 11.6 Å². The van der Waals surface area contributed by atoms with Gasteiger partial charge in [0.25, 0.3) is 0 Å². The molecule has 2 heterocycles. The zero-order valence-electron chi connectivity index (χ0n) is 22.3. The van der Waals surface area contributed by atoms with Gasteiger partial charge in [-0.1, -0.05) is 48.5 Å². The predicted octanol–water partition coefficient (Wildman–Crippen LogP) is 4.20. The van der Waals surface area contributed by atoms with Crippen LogP contribution < -0.4 is 5.32 Å². The number of aromatic nitrogens is 4. The van der Waals surface area contributed by atoms with Crippen LogP contribution in [0.4, 0.5) is 0 Å². The van der Waals surface area contributed by atoms with Crippen molar-refractivity contribution in [3.8, 4) is 0 Å². The molecule has 4 rings (SSSR count). The number of rotatable bonds is 10. The molecule has 2 aromatic carbocycles. The molecule has 4 aromatic rings. The van der Waals surface area contributed by atoms with E-state index in [0.717, 1.165) is 34.3 Å². The summed E-state index contributed by atoms with van der Waals surface area (Å²) in [6.07, 6.45) is 3.29. The first-order valence-corrected chi connectivity index (χ1v) is 12.8. The van der Waals surface area contributed by atoms with Crippen LogP contribution in [0.25, 0.3) is 11.0 Å². The van der Waals surface area contributed by atoms with Gasteiger partial charge in [0.2, 0.25) is 11.8 Å². The van der Waals surface area contributed by atoms with Crippen LogP contribution in [0.3, 0.4) is 0 Å². The predicted molar refractivity (Wildman–Crippen MR) is 145 cm³/mol. The molecule has 194 valence electrons. The van der Waals surface area contributed by atoms with E-state index in [9.17, 15) is 9.59 Å². The van der Waals surface area contributed by atoms with Gasteiger partial charge in [0.15, 0.2) is 6.04 Å². The largest absolute Gasteiger partial charge is 0.352 e. The number of nitrogens with one attached hydrogen (secondary N) is 1. The van der Waals surface area contributed by atoms with Crippen LogP contribution in [0.15, 0.2) is 66.9 Å². The lowest BCUT2D eigenvalue weighted by Gasteiger charge is -2.34. The highest BCUT2D eigenvalue weighted by Crippen LogP contribution is 2.25. The summed E-state index contributed by atoms with van der Waals surface area (Å²) in [5.74, 6) is -0.393. The molecule has 0 spiro atoms. The summed E-state index contributed by atoms with van der Waals surface area (Å²) in [6.45, 7) is 8.46. The quantitative estimate of drug-likeness (QED) is 0.354. The monoisotopic (exact) mass is 500 g/mol. The van der Waals surface area contributed by atoms with Crippen molar-refractivity contribution < 1.29 is 9.59 Å². The number of hydrogen-bond acceptors (Lipinski definition) is 4. The molecule has 8 nitrogen and oxygen atoms in total. The zero-order chi connectivity index (χ0) is 26.6. The van der Waals surface area contributed by atoms with Crippen molar-refractivity contribution in [3.05, 3.63) is 83.7 Å². The Kier molecular flexibility index (Phi) is 7.76.